The Morgan fingerprint density at radius 3 is 2.69 bits per heavy atom. The molecule has 2 rings (SSSR count). The summed E-state index contributed by atoms with van der Waals surface area (Å²) in [6.45, 7) is 4.18. The van der Waals surface area contributed by atoms with E-state index in [-0.39, 0.29) is 12.1 Å². The van der Waals surface area contributed by atoms with E-state index < -0.39 is 23.8 Å². The van der Waals surface area contributed by atoms with Crippen molar-refractivity contribution in [2.45, 2.75) is 26.4 Å². The van der Waals surface area contributed by atoms with Crippen LogP contribution >= 0.6 is 0 Å². The van der Waals surface area contributed by atoms with Gasteiger partial charge in [0, 0.05) is 18.2 Å². The van der Waals surface area contributed by atoms with Gasteiger partial charge < -0.3 is 20.5 Å². The monoisotopic (exact) mass is 364 g/mol. The van der Waals surface area contributed by atoms with Crippen molar-refractivity contribution in [3.63, 3.8) is 0 Å². The maximum absolute atomic E-state index is 13.6. The quantitative estimate of drug-likeness (QED) is 0.697. The number of urea groups is 1. The van der Waals surface area contributed by atoms with Crippen LogP contribution in [0.2, 0.25) is 0 Å². The molecule has 0 heterocycles. The van der Waals surface area contributed by atoms with E-state index in [2.05, 4.69) is 10.6 Å². The number of aryl methyl sites for hydroxylation is 1. The smallest absolute Gasteiger partial charge is 0.319 e. The molecule has 0 spiro atoms. The van der Waals surface area contributed by atoms with Crippen molar-refractivity contribution in [2.24, 2.45) is 0 Å². The van der Waals surface area contributed by atoms with E-state index in [0.717, 1.165) is 24.1 Å². The van der Waals surface area contributed by atoms with Gasteiger partial charge >= 0.3 is 6.03 Å². The fourth-order valence-corrected chi connectivity index (χ4v) is 2.30. The van der Waals surface area contributed by atoms with E-state index in [1.807, 2.05) is 26.0 Å². The summed E-state index contributed by atoms with van der Waals surface area (Å²) in [5, 5.41) is 15.1. The van der Waals surface area contributed by atoms with Crippen LogP contribution in [0.1, 0.15) is 30.6 Å². The van der Waals surface area contributed by atoms with Crippen LogP contribution in [0.4, 0.5) is 19.3 Å². The fraction of sp³-hybridized carbons (Fsp3) is 0.316. The Bertz CT molecular complexity index is 768. The number of halogens is 2. The van der Waals surface area contributed by atoms with Gasteiger partial charge in [-0.1, -0.05) is 19.1 Å². The largest absolute Gasteiger partial charge is 0.491 e. The molecule has 0 bridgehead atoms. The molecule has 0 saturated heterocycles. The van der Waals surface area contributed by atoms with Crippen LogP contribution in [0.15, 0.2) is 36.4 Å². The van der Waals surface area contributed by atoms with Crippen LogP contribution in [-0.2, 0) is 0 Å². The van der Waals surface area contributed by atoms with Crippen LogP contribution in [0.25, 0.3) is 0 Å². The van der Waals surface area contributed by atoms with E-state index >= 15 is 0 Å². The van der Waals surface area contributed by atoms with Gasteiger partial charge in [0.1, 0.15) is 17.4 Å². The molecule has 2 aromatic carbocycles. The molecule has 0 aliphatic rings. The molecule has 0 fully saturated rings. The number of ether oxygens (including phenoxy) is 1. The zero-order chi connectivity index (χ0) is 19.1. The molecule has 0 radical (unpaired) electrons. The van der Waals surface area contributed by atoms with Crippen molar-refractivity contribution in [3.05, 3.63) is 59.2 Å². The number of aliphatic hydroxyl groups is 1. The van der Waals surface area contributed by atoms with Gasteiger partial charge in [-0.2, -0.15) is 0 Å². The Kier molecular flexibility index (Phi) is 6.91. The van der Waals surface area contributed by atoms with Gasteiger partial charge in [-0.15, -0.1) is 0 Å². The third kappa shape index (κ3) is 5.42. The summed E-state index contributed by atoms with van der Waals surface area (Å²) in [4.78, 5) is 12.1. The summed E-state index contributed by atoms with van der Waals surface area (Å²) in [6, 6.07) is 7.66. The predicted octanol–water partition coefficient (Wildman–Crippen LogP) is 3.92. The summed E-state index contributed by atoms with van der Waals surface area (Å²) >= 11 is 0. The normalized spacial score (nSPS) is 11.7. The average Bonchev–Trinajstić information content (AvgIpc) is 2.60. The number of carbonyl (C=O) groups excluding carboxylic acids is 1. The lowest BCUT2D eigenvalue weighted by Crippen LogP contribution is -2.32. The van der Waals surface area contributed by atoms with Crippen molar-refractivity contribution in [2.75, 3.05) is 18.5 Å². The molecule has 7 heteroatoms. The van der Waals surface area contributed by atoms with Crippen molar-refractivity contribution in [1.29, 1.82) is 0 Å². The lowest BCUT2D eigenvalue weighted by atomic mass is 10.1. The topological polar surface area (TPSA) is 70.6 Å². The summed E-state index contributed by atoms with van der Waals surface area (Å²) in [5.41, 5.74) is 1.39. The molecule has 26 heavy (non-hydrogen) atoms. The fourth-order valence-electron chi connectivity index (χ4n) is 2.30. The van der Waals surface area contributed by atoms with Crippen LogP contribution < -0.4 is 15.4 Å². The van der Waals surface area contributed by atoms with Crippen molar-refractivity contribution >= 4 is 11.7 Å². The second-order valence-corrected chi connectivity index (χ2v) is 5.86. The molecular weight excluding hydrogens is 342 g/mol. The van der Waals surface area contributed by atoms with E-state index in [4.69, 9.17) is 4.74 Å². The van der Waals surface area contributed by atoms with Gasteiger partial charge in [-0.05, 0) is 37.1 Å². The summed E-state index contributed by atoms with van der Waals surface area (Å²) in [7, 11) is 0. The van der Waals surface area contributed by atoms with Crippen LogP contribution in [0, 0.1) is 18.6 Å². The molecule has 2 amide bonds. The summed E-state index contributed by atoms with van der Waals surface area (Å²) in [6.07, 6.45) is -0.468. The molecule has 140 valence electrons. The number of aliphatic hydroxyl groups excluding tert-OH is 1. The van der Waals surface area contributed by atoms with Gasteiger partial charge in [0.15, 0.2) is 0 Å². The third-order valence-corrected chi connectivity index (χ3v) is 3.62. The minimum absolute atomic E-state index is 0.0889. The molecule has 2 aromatic rings. The lowest BCUT2D eigenvalue weighted by molar-refractivity contribution is 0.170. The summed E-state index contributed by atoms with van der Waals surface area (Å²) < 4.78 is 32.2. The highest BCUT2D eigenvalue weighted by molar-refractivity contribution is 5.91. The maximum atomic E-state index is 13.6. The lowest BCUT2D eigenvalue weighted by Gasteiger charge is -2.16. The molecule has 0 aliphatic heterocycles. The molecule has 0 aliphatic carbocycles. The number of nitrogens with one attached hydrogen (secondary N) is 2. The molecule has 0 saturated carbocycles. The number of hydrogen-bond donors (Lipinski definition) is 3. The van der Waals surface area contributed by atoms with E-state index in [1.165, 1.54) is 0 Å². The van der Waals surface area contributed by atoms with Crippen molar-refractivity contribution in [1.82, 2.24) is 5.32 Å². The number of hydrogen-bond acceptors (Lipinski definition) is 3. The highest BCUT2D eigenvalue weighted by Crippen LogP contribution is 2.26. The van der Waals surface area contributed by atoms with Crippen LogP contribution in [0.3, 0.4) is 0 Å². The first kappa shape index (κ1) is 19.7. The Morgan fingerprint density at radius 1 is 1.23 bits per heavy atom. The highest BCUT2D eigenvalue weighted by atomic mass is 19.1. The molecule has 1 unspecified atom stereocenters. The molecular formula is C19H22F2N2O3. The van der Waals surface area contributed by atoms with Gasteiger partial charge in [-0.25, -0.2) is 13.6 Å². The van der Waals surface area contributed by atoms with Crippen molar-refractivity contribution in [3.8, 4) is 5.75 Å². The van der Waals surface area contributed by atoms with Crippen molar-refractivity contribution < 1.29 is 23.4 Å². The van der Waals surface area contributed by atoms with Gasteiger partial charge in [0.05, 0.1) is 18.4 Å². The Hall–Kier alpha value is -2.67. The SMILES string of the molecule is CCCOc1cc(C)ccc1NC(=O)NCC(O)c1ccc(F)cc1F. The number of amides is 2. The Morgan fingerprint density at radius 2 is 2.00 bits per heavy atom. The zero-order valence-corrected chi connectivity index (χ0v) is 14.7. The second kappa shape index (κ2) is 9.15. The second-order valence-electron chi connectivity index (χ2n) is 5.86. The number of anilines is 1. The first-order chi connectivity index (χ1) is 12.4. The predicted molar refractivity (Wildman–Crippen MR) is 95.3 cm³/mol. The Labute approximate surface area is 151 Å². The molecule has 0 aromatic heterocycles. The van der Waals surface area contributed by atoms with Gasteiger partial charge in [0.2, 0.25) is 0 Å². The molecule has 3 N–H and O–H groups in total. The minimum atomic E-state index is -1.30. The average molecular weight is 364 g/mol. The molecule has 1 atom stereocenters. The van der Waals surface area contributed by atoms with E-state index in [0.29, 0.717) is 24.1 Å². The number of carbonyl (C=O) groups is 1. The van der Waals surface area contributed by atoms with E-state index in [9.17, 15) is 18.7 Å². The number of rotatable bonds is 7. The zero-order valence-electron chi connectivity index (χ0n) is 14.7. The van der Waals surface area contributed by atoms with Gasteiger partial charge in [-0.3, -0.25) is 0 Å². The molecule has 5 nitrogen and oxygen atoms in total. The minimum Gasteiger partial charge on any atom is -0.491 e. The summed E-state index contributed by atoms with van der Waals surface area (Å²) in [5.74, 6) is -1.05. The first-order valence-corrected chi connectivity index (χ1v) is 8.32. The standard InChI is InChI=1S/C19H22F2N2O3/c1-3-8-26-18-9-12(2)4-7-16(18)23-19(25)22-11-17(24)14-6-5-13(20)10-15(14)21/h4-7,9-10,17,24H,3,8,11H2,1-2H3,(H2,22,23,25). The maximum Gasteiger partial charge on any atom is 0.319 e. The highest BCUT2D eigenvalue weighted by Gasteiger charge is 2.15. The third-order valence-electron chi connectivity index (χ3n) is 3.62. The number of benzene rings is 2. The van der Waals surface area contributed by atoms with E-state index in [1.54, 1.807) is 6.07 Å². The van der Waals surface area contributed by atoms with Crippen LogP contribution in [-0.4, -0.2) is 24.3 Å². The van der Waals surface area contributed by atoms with Gasteiger partial charge in [0.25, 0.3) is 0 Å². The first-order valence-electron chi connectivity index (χ1n) is 8.32. The van der Waals surface area contributed by atoms with Crippen LogP contribution in [0.5, 0.6) is 5.75 Å². The Balaban J connectivity index is 1.96.